The molecule has 1 aromatic heterocycles. The summed E-state index contributed by atoms with van der Waals surface area (Å²) < 4.78 is 0. The minimum absolute atomic E-state index is 0.375. The van der Waals surface area contributed by atoms with Crippen molar-refractivity contribution in [2.24, 2.45) is 0 Å². The van der Waals surface area contributed by atoms with Crippen LogP contribution < -0.4 is 0 Å². The average molecular weight is 263 g/mol. The summed E-state index contributed by atoms with van der Waals surface area (Å²) in [6.07, 6.45) is 4.49. The van der Waals surface area contributed by atoms with Gasteiger partial charge in [-0.3, -0.25) is 4.98 Å². The Hall–Kier alpha value is -2.19. The molecule has 0 saturated carbocycles. The lowest BCUT2D eigenvalue weighted by atomic mass is 10.00. The van der Waals surface area contributed by atoms with Gasteiger partial charge in [0, 0.05) is 18.8 Å². The molecule has 2 aromatic carbocycles. The molecule has 1 atom stereocenters. The molecule has 20 heavy (non-hydrogen) atoms. The molecule has 1 N–H and O–H groups in total. The second-order valence-corrected chi connectivity index (χ2v) is 5.10. The first-order chi connectivity index (χ1) is 9.81. The zero-order valence-electron chi connectivity index (χ0n) is 11.2. The van der Waals surface area contributed by atoms with E-state index in [4.69, 9.17) is 0 Å². The maximum absolute atomic E-state index is 10.2. The van der Waals surface area contributed by atoms with Crippen molar-refractivity contribution < 1.29 is 5.11 Å². The number of benzene rings is 2. The molecule has 3 aromatic rings. The molecule has 0 spiro atoms. The molecule has 1 heterocycles. The summed E-state index contributed by atoms with van der Waals surface area (Å²) in [5.41, 5.74) is 2.24. The lowest BCUT2D eigenvalue weighted by Gasteiger charge is -2.11. The van der Waals surface area contributed by atoms with Crippen molar-refractivity contribution in [3.63, 3.8) is 0 Å². The molecule has 0 amide bonds. The monoisotopic (exact) mass is 263 g/mol. The number of pyridine rings is 1. The molecule has 0 saturated heterocycles. The van der Waals surface area contributed by atoms with E-state index < -0.39 is 0 Å². The number of aromatic nitrogens is 1. The van der Waals surface area contributed by atoms with E-state index in [0.717, 1.165) is 5.56 Å². The van der Waals surface area contributed by atoms with Crippen molar-refractivity contribution in [3.05, 3.63) is 78.1 Å². The number of fused-ring (bicyclic) bond motifs is 1. The summed E-state index contributed by atoms with van der Waals surface area (Å²) in [6.45, 7) is 0. The van der Waals surface area contributed by atoms with Crippen LogP contribution in [0.25, 0.3) is 10.8 Å². The van der Waals surface area contributed by atoms with E-state index in [0.29, 0.717) is 12.8 Å². The second kappa shape index (κ2) is 5.85. The van der Waals surface area contributed by atoms with Gasteiger partial charge in [-0.1, -0.05) is 48.5 Å². The van der Waals surface area contributed by atoms with Crippen LogP contribution >= 0.6 is 0 Å². The van der Waals surface area contributed by atoms with Crippen molar-refractivity contribution in [2.75, 3.05) is 0 Å². The third-order valence-electron chi connectivity index (χ3n) is 3.48. The number of aliphatic hydroxyl groups is 1. The summed E-state index contributed by atoms with van der Waals surface area (Å²) in [5, 5.41) is 12.7. The van der Waals surface area contributed by atoms with Gasteiger partial charge in [-0.15, -0.1) is 0 Å². The highest BCUT2D eigenvalue weighted by atomic mass is 16.3. The summed E-state index contributed by atoms with van der Waals surface area (Å²) in [7, 11) is 0. The highest BCUT2D eigenvalue weighted by molar-refractivity contribution is 5.82. The molecule has 100 valence electrons. The first-order valence-electron chi connectivity index (χ1n) is 6.86. The van der Waals surface area contributed by atoms with Crippen molar-refractivity contribution >= 4 is 10.8 Å². The number of hydrogen-bond donors (Lipinski definition) is 1. The Morgan fingerprint density at radius 1 is 0.850 bits per heavy atom. The first kappa shape index (κ1) is 12.8. The zero-order valence-corrected chi connectivity index (χ0v) is 11.2. The molecule has 0 aliphatic rings. The van der Waals surface area contributed by atoms with Crippen LogP contribution in [0, 0.1) is 0 Å². The lowest BCUT2D eigenvalue weighted by molar-refractivity contribution is 0.175. The SMILES string of the molecule is OC(Cc1cccnc1)Cc1ccc2ccccc2c1. The van der Waals surface area contributed by atoms with E-state index in [-0.39, 0.29) is 6.10 Å². The van der Waals surface area contributed by atoms with E-state index in [2.05, 4.69) is 35.3 Å². The minimum Gasteiger partial charge on any atom is -0.392 e. The van der Waals surface area contributed by atoms with Crippen LogP contribution in [-0.2, 0) is 12.8 Å². The smallest absolute Gasteiger partial charge is 0.0621 e. The van der Waals surface area contributed by atoms with Gasteiger partial charge in [-0.2, -0.15) is 0 Å². The summed E-state index contributed by atoms with van der Waals surface area (Å²) in [4.78, 5) is 4.07. The Morgan fingerprint density at radius 3 is 2.45 bits per heavy atom. The number of nitrogens with zero attached hydrogens (tertiary/aromatic N) is 1. The lowest BCUT2D eigenvalue weighted by Crippen LogP contribution is -2.13. The van der Waals surface area contributed by atoms with Crippen LogP contribution in [0.5, 0.6) is 0 Å². The average Bonchev–Trinajstić information content (AvgIpc) is 2.48. The molecule has 3 rings (SSSR count). The van der Waals surface area contributed by atoms with Crippen molar-refractivity contribution in [3.8, 4) is 0 Å². The molecule has 0 radical (unpaired) electrons. The van der Waals surface area contributed by atoms with Crippen LogP contribution in [0.4, 0.5) is 0 Å². The van der Waals surface area contributed by atoms with Crippen molar-refractivity contribution in [2.45, 2.75) is 18.9 Å². The van der Waals surface area contributed by atoms with Crippen LogP contribution in [0.1, 0.15) is 11.1 Å². The fourth-order valence-corrected chi connectivity index (χ4v) is 2.50. The molecule has 2 heteroatoms. The summed E-state index contributed by atoms with van der Waals surface area (Å²) in [5.74, 6) is 0. The summed E-state index contributed by atoms with van der Waals surface area (Å²) in [6, 6.07) is 18.5. The van der Waals surface area contributed by atoms with Gasteiger partial charge in [0.1, 0.15) is 0 Å². The van der Waals surface area contributed by atoms with Gasteiger partial charge in [-0.25, -0.2) is 0 Å². The normalized spacial score (nSPS) is 12.4. The van der Waals surface area contributed by atoms with Crippen molar-refractivity contribution in [1.29, 1.82) is 0 Å². The van der Waals surface area contributed by atoms with E-state index >= 15 is 0 Å². The predicted molar refractivity (Wildman–Crippen MR) is 81.6 cm³/mol. The fourth-order valence-electron chi connectivity index (χ4n) is 2.50. The number of rotatable bonds is 4. The first-order valence-corrected chi connectivity index (χ1v) is 6.86. The molecular formula is C18H17NO. The standard InChI is InChI=1S/C18H17NO/c20-18(12-15-4-3-9-19-13-15)11-14-7-8-16-5-1-2-6-17(16)10-14/h1-10,13,18,20H,11-12H2. The topological polar surface area (TPSA) is 33.1 Å². The molecule has 0 bridgehead atoms. The van der Waals surface area contributed by atoms with E-state index in [1.54, 1.807) is 6.20 Å². The Morgan fingerprint density at radius 2 is 1.65 bits per heavy atom. The van der Waals surface area contributed by atoms with E-state index in [9.17, 15) is 5.11 Å². The Bertz CT molecular complexity index is 694. The van der Waals surface area contributed by atoms with Crippen LogP contribution in [-0.4, -0.2) is 16.2 Å². The van der Waals surface area contributed by atoms with E-state index in [1.807, 2.05) is 30.5 Å². The zero-order chi connectivity index (χ0) is 13.8. The highest BCUT2D eigenvalue weighted by Crippen LogP contribution is 2.17. The van der Waals surface area contributed by atoms with Gasteiger partial charge in [0.05, 0.1) is 6.10 Å². The van der Waals surface area contributed by atoms with Crippen molar-refractivity contribution in [1.82, 2.24) is 4.98 Å². The van der Waals surface area contributed by atoms with Gasteiger partial charge < -0.3 is 5.11 Å². The highest BCUT2D eigenvalue weighted by Gasteiger charge is 2.07. The van der Waals surface area contributed by atoms with Crippen LogP contribution in [0.2, 0.25) is 0 Å². The second-order valence-electron chi connectivity index (χ2n) is 5.10. The van der Waals surface area contributed by atoms with E-state index in [1.165, 1.54) is 16.3 Å². The third kappa shape index (κ3) is 3.03. The van der Waals surface area contributed by atoms with Gasteiger partial charge in [0.15, 0.2) is 0 Å². The minimum atomic E-state index is -0.375. The Kier molecular flexibility index (Phi) is 3.75. The molecule has 0 aliphatic heterocycles. The molecule has 2 nitrogen and oxygen atoms in total. The Balaban J connectivity index is 1.72. The van der Waals surface area contributed by atoms with Gasteiger partial charge in [0.2, 0.25) is 0 Å². The Labute approximate surface area is 118 Å². The number of hydrogen-bond acceptors (Lipinski definition) is 2. The maximum atomic E-state index is 10.2. The van der Waals surface area contributed by atoms with Gasteiger partial charge >= 0.3 is 0 Å². The molecule has 0 aliphatic carbocycles. The fraction of sp³-hybridized carbons (Fsp3) is 0.167. The largest absolute Gasteiger partial charge is 0.392 e. The molecule has 0 fully saturated rings. The molecular weight excluding hydrogens is 246 g/mol. The molecule has 1 unspecified atom stereocenters. The van der Waals surface area contributed by atoms with Crippen LogP contribution in [0.15, 0.2) is 67.0 Å². The third-order valence-corrected chi connectivity index (χ3v) is 3.48. The van der Waals surface area contributed by atoms with Gasteiger partial charge in [0.25, 0.3) is 0 Å². The predicted octanol–water partition coefficient (Wildman–Crippen LogP) is 3.38. The summed E-state index contributed by atoms with van der Waals surface area (Å²) >= 11 is 0. The maximum Gasteiger partial charge on any atom is 0.0621 e. The van der Waals surface area contributed by atoms with Crippen LogP contribution in [0.3, 0.4) is 0 Å². The van der Waals surface area contributed by atoms with Gasteiger partial charge in [-0.05, 0) is 34.4 Å². The number of aliphatic hydroxyl groups excluding tert-OH is 1. The quantitative estimate of drug-likeness (QED) is 0.782.